The minimum atomic E-state index is -0.399. The summed E-state index contributed by atoms with van der Waals surface area (Å²) in [7, 11) is 3.91. The van der Waals surface area contributed by atoms with Gasteiger partial charge in [-0.1, -0.05) is 30.3 Å². The number of nitrogens with one attached hydrogen (secondary N) is 3. The zero-order valence-electron chi connectivity index (χ0n) is 25.8. The number of carbonyl (C=O) groups excluding carboxylic acids is 1. The first kappa shape index (κ1) is 29.8. The highest BCUT2D eigenvalue weighted by Gasteiger charge is 2.17. The summed E-state index contributed by atoms with van der Waals surface area (Å²) in [6.45, 7) is 1.15. The Morgan fingerprint density at radius 2 is 1.77 bits per heavy atom. The van der Waals surface area contributed by atoms with Crippen LogP contribution in [0.2, 0.25) is 0 Å². The molecule has 0 spiro atoms. The van der Waals surface area contributed by atoms with Gasteiger partial charge in [0.05, 0.1) is 35.4 Å². The summed E-state index contributed by atoms with van der Waals surface area (Å²) >= 11 is 0. The Hall–Kier alpha value is -5.94. The molecule has 5 heterocycles. The first-order chi connectivity index (χ1) is 22.9. The van der Waals surface area contributed by atoms with Crippen molar-refractivity contribution in [3.05, 3.63) is 109 Å². The van der Waals surface area contributed by atoms with Gasteiger partial charge >= 0.3 is 0 Å². The van der Waals surface area contributed by atoms with Gasteiger partial charge in [-0.3, -0.25) is 19.9 Å². The van der Waals surface area contributed by atoms with Gasteiger partial charge in [-0.15, -0.1) is 0 Å². The molecule has 2 aromatic carbocycles. The molecule has 0 saturated carbocycles. The summed E-state index contributed by atoms with van der Waals surface area (Å²) in [6.07, 6.45) is 7.04. The molecule has 7 rings (SSSR count). The first-order valence-corrected chi connectivity index (χ1v) is 15.1. The Balaban J connectivity index is 1.18. The van der Waals surface area contributed by atoms with E-state index >= 15 is 0 Å². The van der Waals surface area contributed by atoms with E-state index in [4.69, 9.17) is 4.74 Å². The van der Waals surface area contributed by atoms with Gasteiger partial charge in [0.15, 0.2) is 5.65 Å². The average molecular weight is 627 g/mol. The summed E-state index contributed by atoms with van der Waals surface area (Å²) in [5.41, 5.74) is 7.26. The predicted octanol–water partition coefficient (Wildman–Crippen LogP) is 6.49. The molecule has 0 saturated heterocycles. The Morgan fingerprint density at radius 3 is 2.62 bits per heavy atom. The third-order valence-corrected chi connectivity index (χ3v) is 7.74. The molecule has 11 heteroatoms. The molecule has 0 aliphatic rings. The maximum Gasteiger partial charge on any atom is 0.228 e. The normalized spacial score (nSPS) is 11.4. The van der Waals surface area contributed by atoms with Crippen LogP contribution < -0.4 is 10.1 Å². The predicted molar refractivity (Wildman–Crippen MR) is 180 cm³/mol. The van der Waals surface area contributed by atoms with E-state index < -0.39 is 5.82 Å². The summed E-state index contributed by atoms with van der Waals surface area (Å²) in [4.78, 5) is 31.7. The van der Waals surface area contributed by atoms with Crippen molar-refractivity contribution in [1.29, 1.82) is 0 Å². The number of carbonyl (C=O) groups is 1. The summed E-state index contributed by atoms with van der Waals surface area (Å²) in [6, 6.07) is 21.9. The molecule has 234 valence electrons. The van der Waals surface area contributed by atoms with Gasteiger partial charge in [-0.2, -0.15) is 5.10 Å². The molecule has 7 aromatic rings. The van der Waals surface area contributed by atoms with Gasteiger partial charge in [0.1, 0.15) is 18.2 Å². The van der Waals surface area contributed by atoms with Crippen LogP contribution in [-0.2, 0) is 11.2 Å². The fourth-order valence-electron chi connectivity index (χ4n) is 5.46. The molecule has 5 aromatic heterocycles. The lowest BCUT2D eigenvalue weighted by Gasteiger charge is -2.12. The number of nitrogens with zero attached hydrogens (tertiary/aromatic N) is 5. The van der Waals surface area contributed by atoms with Crippen LogP contribution in [0.5, 0.6) is 5.75 Å². The van der Waals surface area contributed by atoms with E-state index in [1.165, 1.54) is 12.1 Å². The maximum atomic E-state index is 14.7. The third-order valence-electron chi connectivity index (χ3n) is 7.74. The zero-order chi connectivity index (χ0) is 32.3. The molecular weight excluding hydrogens is 595 g/mol. The second kappa shape index (κ2) is 12.8. The number of fused-ring (bicyclic) bond motifs is 2. The molecular formula is C36H31FN8O2. The second-order valence-corrected chi connectivity index (χ2v) is 11.5. The van der Waals surface area contributed by atoms with Crippen LogP contribution in [0.3, 0.4) is 0 Å². The molecule has 3 N–H and O–H groups in total. The van der Waals surface area contributed by atoms with E-state index in [0.717, 1.165) is 44.4 Å². The molecule has 10 nitrogen and oxygen atoms in total. The lowest BCUT2D eigenvalue weighted by atomic mass is 10.1. The SMILES string of the molecule is CN(C)CCOc1cc(F)cc(-c2nccc3[nH]c(-c4[nH]nc5ncc(-c6cncc(NC(=O)Cc7ccccc7)c6)cc45)cc23)c1. The Labute approximate surface area is 269 Å². The lowest BCUT2D eigenvalue weighted by molar-refractivity contribution is -0.115. The first-order valence-electron chi connectivity index (χ1n) is 15.1. The number of likely N-dealkylation sites (N-methyl/N-ethyl adjacent to an activating group) is 1. The standard InChI is InChI=1S/C36H31FN8O2/c1-45(2)10-11-47-28-15-23(13-26(37)17-28)34-29-18-32(42-31(29)8-9-39-34)35-30-16-25(20-40-36(30)44-43-35)24-14-27(21-38-19-24)41-33(46)12-22-6-4-3-5-7-22/h3-9,13-21,42H,10-12H2,1-2H3,(H,41,46)(H,40,43,44). The minimum Gasteiger partial charge on any atom is -0.492 e. The number of hydrogen-bond donors (Lipinski definition) is 3. The van der Waals surface area contributed by atoms with Crippen molar-refractivity contribution in [1.82, 2.24) is 35.0 Å². The third kappa shape index (κ3) is 6.56. The van der Waals surface area contributed by atoms with Crippen molar-refractivity contribution in [3.63, 3.8) is 0 Å². The van der Waals surface area contributed by atoms with Crippen LogP contribution in [0.1, 0.15) is 5.56 Å². The zero-order valence-corrected chi connectivity index (χ0v) is 25.8. The van der Waals surface area contributed by atoms with Crippen LogP contribution in [-0.4, -0.2) is 68.2 Å². The molecule has 0 atom stereocenters. The number of anilines is 1. The van der Waals surface area contributed by atoms with Crippen LogP contribution in [0, 0.1) is 5.82 Å². The van der Waals surface area contributed by atoms with Crippen LogP contribution in [0.4, 0.5) is 10.1 Å². The number of rotatable bonds is 10. The van der Waals surface area contributed by atoms with Gasteiger partial charge < -0.3 is 19.9 Å². The van der Waals surface area contributed by atoms with Crippen molar-refractivity contribution in [2.75, 3.05) is 32.6 Å². The van der Waals surface area contributed by atoms with E-state index in [2.05, 4.69) is 35.5 Å². The van der Waals surface area contributed by atoms with Gasteiger partial charge in [0.2, 0.25) is 5.91 Å². The molecule has 47 heavy (non-hydrogen) atoms. The fraction of sp³-hybridized carbons (Fsp3) is 0.139. The summed E-state index contributed by atoms with van der Waals surface area (Å²) in [5, 5.41) is 12.1. The van der Waals surface area contributed by atoms with Crippen LogP contribution in [0.15, 0.2) is 97.6 Å². The topological polar surface area (TPSA) is 125 Å². The number of amides is 1. The fourth-order valence-corrected chi connectivity index (χ4v) is 5.46. The molecule has 0 aliphatic carbocycles. The Bertz CT molecular complexity index is 2210. The van der Waals surface area contributed by atoms with Gasteiger partial charge in [-0.25, -0.2) is 9.37 Å². The number of halogens is 1. The van der Waals surface area contributed by atoms with Gasteiger partial charge in [-0.05, 0) is 56.1 Å². The second-order valence-electron chi connectivity index (χ2n) is 11.5. The smallest absolute Gasteiger partial charge is 0.228 e. The number of aromatic nitrogens is 6. The highest BCUT2D eigenvalue weighted by Crippen LogP contribution is 2.35. The van der Waals surface area contributed by atoms with E-state index in [1.807, 2.05) is 73.6 Å². The number of pyridine rings is 3. The van der Waals surface area contributed by atoms with Crippen molar-refractivity contribution >= 4 is 33.5 Å². The molecule has 0 aliphatic heterocycles. The van der Waals surface area contributed by atoms with E-state index in [9.17, 15) is 9.18 Å². The van der Waals surface area contributed by atoms with Gasteiger partial charge in [0.25, 0.3) is 0 Å². The van der Waals surface area contributed by atoms with Crippen molar-refractivity contribution in [3.8, 4) is 39.5 Å². The summed E-state index contributed by atoms with van der Waals surface area (Å²) < 4.78 is 20.5. The monoisotopic (exact) mass is 626 g/mol. The molecule has 1 amide bonds. The Kier molecular flexibility index (Phi) is 8.11. The van der Waals surface area contributed by atoms with Gasteiger partial charge in [0, 0.05) is 64.2 Å². The van der Waals surface area contributed by atoms with Crippen LogP contribution >= 0.6 is 0 Å². The molecule has 0 fully saturated rings. The largest absolute Gasteiger partial charge is 0.492 e. The number of benzene rings is 2. The highest BCUT2D eigenvalue weighted by molar-refractivity contribution is 6.00. The average Bonchev–Trinajstić information content (AvgIpc) is 3.69. The van der Waals surface area contributed by atoms with Crippen LogP contribution in [0.25, 0.3) is 55.7 Å². The van der Waals surface area contributed by atoms with Crippen molar-refractivity contribution in [2.24, 2.45) is 0 Å². The van der Waals surface area contributed by atoms with E-state index in [0.29, 0.717) is 41.5 Å². The summed E-state index contributed by atoms with van der Waals surface area (Å²) in [5.74, 6) is -0.0758. The minimum absolute atomic E-state index is 0.125. The Morgan fingerprint density at radius 1 is 0.915 bits per heavy atom. The number of H-pyrrole nitrogens is 2. The van der Waals surface area contributed by atoms with Crippen molar-refractivity contribution in [2.45, 2.75) is 6.42 Å². The lowest BCUT2D eigenvalue weighted by Crippen LogP contribution is -2.19. The number of ether oxygens (including phenoxy) is 1. The molecule has 0 bridgehead atoms. The highest BCUT2D eigenvalue weighted by atomic mass is 19.1. The number of aromatic amines is 2. The van der Waals surface area contributed by atoms with E-state index in [1.54, 1.807) is 30.9 Å². The molecule has 0 unspecified atom stereocenters. The number of hydrogen-bond acceptors (Lipinski definition) is 7. The van der Waals surface area contributed by atoms with E-state index in [-0.39, 0.29) is 12.3 Å². The quantitative estimate of drug-likeness (QED) is 0.159. The maximum absolute atomic E-state index is 14.7. The van der Waals surface area contributed by atoms with Crippen molar-refractivity contribution < 1.29 is 13.9 Å². The molecule has 0 radical (unpaired) electrons.